The third-order valence-corrected chi connectivity index (χ3v) is 5.81. The third kappa shape index (κ3) is 9.10. The van der Waals surface area contributed by atoms with E-state index in [9.17, 15) is 14.4 Å². The number of fused-ring (bicyclic) bond motifs is 1. The van der Waals surface area contributed by atoms with Gasteiger partial charge in [0.2, 0.25) is 5.91 Å². The van der Waals surface area contributed by atoms with E-state index >= 15 is 0 Å². The molecule has 0 aliphatic carbocycles. The second kappa shape index (κ2) is 13.5. The molecule has 0 saturated heterocycles. The lowest BCUT2D eigenvalue weighted by atomic mass is 9.99. The fourth-order valence-electron chi connectivity index (χ4n) is 4.01. The van der Waals surface area contributed by atoms with Crippen LogP contribution < -0.4 is 16.0 Å². The highest BCUT2D eigenvalue weighted by Crippen LogP contribution is 2.24. The smallest absolute Gasteiger partial charge is 0.408 e. The molecular formula is C30H37N3O5. The molecular weight excluding hydrogens is 482 g/mol. The van der Waals surface area contributed by atoms with Crippen molar-refractivity contribution >= 4 is 28.9 Å². The molecule has 0 fully saturated rings. The number of hydrogen-bond acceptors (Lipinski definition) is 5. The Morgan fingerprint density at radius 2 is 1.53 bits per heavy atom. The molecule has 38 heavy (non-hydrogen) atoms. The van der Waals surface area contributed by atoms with Gasteiger partial charge in [0.05, 0.1) is 6.04 Å². The van der Waals surface area contributed by atoms with Crippen molar-refractivity contribution in [3.63, 3.8) is 0 Å². The number of amides is 3. The van der Waals surface area contributed by atoms with Crippen molar-refractivity contribution in [1.29, 1.82) is 0 Å². The average molecular weight is 520 g/mol. The molecule has 0 spiro atoms. The molecule has 3 amide bonds. The highest BCUT2D eigenvalue weighted by atomic mass is 16.6. The molecule has 0 aliphatic rings. The Balaban J connectivity index is 1.57. The molecule has 8 nitrogen and oxygen atoms in total. The number of ether oxygens (including phenoxy) is 2. The van der Waals surface area contributed by atoms with E-state index in [0.717, 1.165) is 21.9 Å². The molecule has 3 N–H and O–H groups in total. The zero-order valence-electron chi connectivity index (χ0n) is 22.5. The number of carbonyl (C=O) groups is 3. The van der Waals surface area contributed by atoms with Gasteiger partial charge in [-0.2, -0.15) is 0 Å². The van der Waals surface area contributed by atoms with Gasteiger partial charge < -0.3 is 25.4 Å². The summed E-state index contributed by atoms with van der Waals surface area (Å²) in [6.45, 7) is 7.64. The molecule has 8 heteroatoms. The van der Waals surface area contributed by atoms with Crippen molar-refractivity contribution in [2.24, 2.45) is 0 Å². The molecule has 0 aromatic heterocycles. The lowest BCUT2D eigenvalue weighted by Crippen LogP contribution is -2.49. The Morgan fingerprint density at radius 3 is 2.26 bits per heavy atom. The van der Waals surface area contributed by atoms with Crippen LogP contribution in [0.1, 0.15) is 57.7 Å². The highest BCUT2D eigenvalue weighted by molar-refractivity contribution is 5.88. The lowest BCUT2D eigenvalue weighted by Gasteiger charge is -2.25. The predicted molar refractivity (Wildman–Crippen MR) is 148 cm³/mol. The first-order valence-corrected chi connectivity index (χ1v) is 12.8. The molecule has 2 atom stereocenters. The van der Waals surface area contributed by atoms with Gasteiger partial charge in [-0.1, -0.05) is 72.8 Å². The van der Waals surface area contributed by atoms with Gasteiger partial charge >= 0.3 is 12.2 Å². The first-order valence-electron chi connectivity index (χ1n) is 12.8. The van der Waals surface area contributed by atoms with E-state index in [-0.39, 0.29) is 25.1 Å². The van der Waals surface area contributed by atoms with Gasteiger partial charge in [0, 0.05) is 6.54 Å². The van der Waals surface area contributed by atoms with E-state index in [2.05, 4.69) is 16.0 Å². The SMILES string of the molecule is C[C@H](NC(=O)C(CCCNC(=O)OCc1ccccc1)NC(=O)OC(C)(C)C)c1cccc2ccccc12. The number of rotatable bonds is 10. The van der Waals surface area contributed by atoms with Crippen molar-refractivity contribution in [2.75, 3.05) is 6.54 Å². The van der Waals surface area contributed by atoms with E-state index in [0.29, 0.717) is 12.8 Å². The summed E-state index contributed by atoms with van der Waals surface area (Å²) >= 11 is 0. The Morgan fingerprint density at radius 1 is 0.842 bits per heavy atom. The van der Waals surface area contributed by atoms with Gasteiger partial charge in [-0.15, -0.1) is 0 Å². The summed E-state index contributed by atoms with van der Waals surface area (Å²) in [5.41, 5.74) is 1.17. The monoisotopic (exact) mass is 519 g/mol. The second-order valence-electron chi connectivity index (χ2n) is 10.1. The van der Waals surface area contributed by atoms with E-state index in [1.54, 1.807) is 20.8 Å². The molecule has 0 bridgehead atoms. The number of benzene rings is 3. The van der Waals surface area contributed by atoms with Crippen LogP contribution in [-0.4, -0.2) is 36.3 Å². The Bertz CT molecular complexity index is 1220. The van der Waals surface area contributed by atoms with E-state index in [1.807, 2.05) is 79.7 Å². The first-order chi connectivity index (χ1) is 18.1. The van der Waals surface area contributed by atoms with Gasteiger partial charge in [0.15, 0.2) is 0 Å². The van der Waals surface area contributed by atoms with Crippen LogP contribution in [0.5, 0.6) is 0 Å². The fourth-order valence-corrected chi connectivity index (χ4v) is 4.01. The molecule has 0 heterocycles. The predicted octanol–water partition coefficient (Wildman–Crippen LogP) is 5.62. The molecule has 3 aromatic rings. The van der Waals surface area contributed by atoms with Crippen molar-refractivity contribution < 1.29 is 23.9 Å². The van der Waals surface area contributed by atoms with Gasteiger partial charge in [0.1, 0.15) is 18.2 Å². The Kier molecular flexibility index (Phi) is 10.1. The summed E-state index contributed by atoms with van der Waals surface area (Å²) in [7, 11) is 0. The first kappa shape index (κ1) is 28.5. The second-order valence-corrected chi connectivity index (χ2v) is 10.1. The minimum Gasteiger partial charge on any atom is -0.445 e. The van der Waals surface area contributed by atoms with E-state index in [1.165, 1.54) is 0 Å². The minimum absolute atomic E-state index is 0.171. The highest BCUT2D eigenvalue weighted by Gasteiger charge is 2.25. The van der Waals surface area contributed by atoms with Gasteiger partial charge in [-0.3, -0.25) is 4.79 Å². The summed E-state index contributed by atoms with van der Waals surface area (Å²) in [6.07, 6.45) is -0.478. The van der Waals surface area contributed by atoms with Crippen LogP contribution in [0.4, 0.5) is 9.59 Å². The zero-order chi connectivity index (χ0) is 27.5. The summed E-state index contributed by atoms with van der Waals surface area (Å²) in [6, 6.07) is 22.2. The molecule has 202 valence electrons. The standard InChI is InChI=1S/C30H37N3O5/c1-21(24-17-10-15-23-14-8-9-16-25(23)24)32-27(34)26(33-29(36)38-30(2,3)4)18-11-19-31-28(35)37-20-22-12-6-5-7-13-22/h5-10,12-17,21,26H,11,18-20H2,1-4H3,(H,31,35)(H,32,34)(H,33,36)/t21-,26?/m0/s1. The van der Waals surface area contributed by atoms with Crippen molar-refractivity contribution in [1.82, 2.24) is 16.0 Å². The van der Waals surface area contributed by atoms with E-state index in [4.69, 9.17) is 9.47 Å². The summed E-state index contributed by atoms with van der Waals surface area (Å²) in [5.74, 6) is -0.331. The quantitative estimate of drug-likeness (QED) is 0.302. The topological polar surface area (TPSA) is 106 Å². The maximum absolute atomic E-state index is 13.3. The normalized spacial score (nSPS) is 12.7. The molecule has 3 rings (SSSR count). The van der Waals surface area contributed by atoms with Crippen LogP contribution in [0.2, 0.25) is 0 Å². The zero-order valence-corrected chi connectivity index (χ0v) is 22.5. The fraction of sp³-hybridized carbons (Fsp3) is 0.367. The minimum atomic E-state index is -0.843. The van der Waals surface area contributed by atoms with Crippen LogP contribution in [0, 0.1) is 0 Å². The van der Waals surface area contributed by atoms with Crippen molar-refractivity contribution in [3.05, 3.63) is 83.9 Å². The summed E-state index contributed by atoms with van der Waals surface area (Å²) in [5, 5.41) is 10.5. The van der Waals surface area contributed by atoms with Crippen molar-refractivity contribution in [3.8, 4) is 0 Å². The third-order valence-electron chi connectivity index (χ3n) is 5.81. The van der Waals surface area contributed by atoms with Gasteiger partial charge in [0.25, 0.3) is 0 Å². The van der Waals surface area contributed by atoms with Gasteiger partial charge in [-0.05, 0) is 62.4 Å². The Labute approximate surface area is 224 Å². The molecule has 0 radical (unpaired) electrons. The molecule has 1 unspecified atom stereocenters. The van der Waals surface area contributed by atoms with Crippen molar-refractivity contribution in [2.45, 2.75) is 64.8 Å². The Hall–Kier alpha value is -4.07. The maximum atomic E-state index is 13.3. The largest absolute Gasteiger partial charge is 0.445 e. The number of carbonyl (C=O) groups excluding carboxylic acids is 3. The van der Waals surface area contributed by atoms with Crippen LogP contribution >= 0.6 is 0 Å². The van der Waals surface area contributed by atoms with E-state index < -0.39 is 23.8 Å². The van der Waals surface area contributed by atoms with Gasteiger partial charge in [-0.25, -0.2) is 9.59 Å². The van der Waals surface area contributed by atoms with Crippen LogP contribution in [0.3, 0.4) is 0 Å². The number of hydrogen-bond donors (Lipinski definition) is 3. The maximum Gasteiger partial charge on any atom is 0.408 e. The lowest BCUT2D eigenvalue weighted by molar-refractivity contribution is -0.124. The summed E-state index contributed by atoms with van der Waals surface area (Å²) < 4.78 is 10.6. The number of alkyl carbamates (subject to hydrolysis) is 2. The molecule has 0 aliphatic heterocycles. The van der Waals surface area contributed by atoms with Crippen LogP contribution in [0.25, 0.3) is 10.8 Å². The average Bonchev–Trinajstić information content (AvgIpc) is 2.88. The summed E-state index contributed by atoms with van der Waals surface area (Å²) in [4.78, 5) is 37.8. The number of nitrogens with one attached hydrogen (secondary N) is 3. The van der Waals surface area contributed by atoms with Crippen LogP contribution in [0.15, 0.2) is 72.8 Å². The molecule has 3 aromatic carbocycles. The molecule has 0 saturated carbocycles. The van der Waals surface area contributed by atoms with Crippen LogP contribution in [-0.2, 0) is 20.9 Å².